The van der Waals surface area contributed by atoms with E-state index in [4.69, 9.17) is 24.9 Å². The summed E-state index contributed by atoms with van der Waals surface area (Å²) < 4.78 is 17.6. The van der Waals surface area contributed by atoms with Crippen LogP contribution in [0, 0.1) is 0 Å². The van der Waals surface area contributed by atoms with Crippen molar-refractivity contribution in [3.8, 4) is 22.9 Å². The largest absolute Gasteiger partial charge is 0.458 e. The molecular formula is C21H17N3O6. The van der Waals surface area contributed by atoms with Crippen molar-refractivity contribution in [2.24, 2.45) is 5.73 Å². The van der Waals surface area contributed by atoms with Gasteiger partial charge in [0, 0.05) is 29.1 Å². The summed E-state index contributed by atoms with van der Waals surface area (Å²) in [5.74, 6) is 0.456. The molecule has 0 radical (unpaired) electrons. The van der Waals surface area contributed by atoms with Gasteiger partial charge >= 0.3 is 5.97 Å². The Morgan fingerprint density at radius 3 is 2.70 bits per heavy atom. The Balaban J connectivity index is 1.66. The van der Waals surface area contributed by atoms with E-state index in [9.17, 15) is 14.7 Å². The summed E-state index contributed by atoms with van der Waals surface area (Å²) in [4.78, 5) is 30.1. The van der Waals surface area contributed by atoms with Gasteiger partial charge in [0.2, 0.25) is 6.79 Å². The molecule has 0 spiro atoms. The average Bonchev–Trinajstić information content (AvgIpc) is 3.32. The number of hydrogen-bond acceptors (Lipinski definition) is 8. The van der Waals surface area contributed by atoms with Gasteiger partial charge in [-0.3, -0.25) is 4.79 Å². The minimum absolute atomic E-state index is 0.152. The predicted molar refractivity (Wildman–Crippen MR) is 104 cm³/mol. The quantitative estimate of drug-likeness (QED) is 0.445. The second kappa shape index (κ2) is 5.59. The van der Waals surface area contributed by atoms with Crippen LogP contribution in [0.25, 0.3) is 22.3 Å². The number of nitrogens with two attached hydrogens (primary N) is 1. The lowest BCUT2D eigenvalue weighted by atomic mass is 9.89. The molecule has 0 bridgehead atoms. The van der Waals surface area contributed by atoms with E-state index in [0.29, 0.717) is 34.9 Å². The maximum Gasteiger partial charge on any atom is 0.342 e. The Hall–Kier alpha value is -3.43. The molecule has 6 rings (SSSR count). The van der Waals surface area contributed by atoms with Crippen molar-refractivity contribution >= 4 is 16.9 Å². The van der Waals surface area contributed by atoms with E-state index in [1.54, 1.807) is 16.7 Å². The Bertz CT molecular complexity index is 1360. The van der Waals surface area contributed by atoms with Gasteiger partial charge in [0.15, 0.2) is 17.1 Å². The molecule has 152 valence electrons. The number of hydrogen-bond donors (Lipinski definition) is 2. The van der Waals surface area contributed by atoms with Gasteiger partial charge < -0.3 is 29.6 Å². The number of nitrogens with zero attached hydrogens (tertiary/aromatic N) is 2. The number of aliphatic hydroxyl groups is 1. The van der Waals surface area contributed by atoms with Crippen molar-refractivity contribution in [1.82, 2.24) is 9.55 Å². The van der Waals surface area contributed by atoms with Crippen LogP contribution in [-0.4, -0.2) is 27.4 Å². The zero-order valence-corrected chi connectivity index (χ0v) is 16.0. The predicted octanol–water partition coefficient (Wildman–Crippen LogP) is 0.877. The Morgan fingerprint density at radius 1 is 1.17 bits per heavy atom. The molecule has 0 aliphatic carbocycles. The first kappa shape index (κ1) is 17.4. The molecule has 1 atom stereocenters. The number of carbonyl (C=O) groups is 1. The molecule has 0 saturated heterocycles. The van der Waals surface area contributed by atoms with Crippen LogP contribution in [0.2, 0.25) is 0 Å². The second-order valence-corrected chi connectivity index (χ2v) is 7.81. The van der Waals surface area contributed by atoms with Crippen molar-refractivity contribution in [3.05, 3.63) is 50.8 Å². The van der Waals surface area contributed by atoms with E-state index in [2.05, 4.69) is 0 Å². The van der Waals surface area contributed by atoms with E-state index >= 15 is 0 Å². The van der Waals surface area contributed by atoms with Crippen LogP contribution >= 0.6 is 0 Å². The van der Waals surface area contributed by atoms with Crippen molar-refractivity contribution < 1.29 is 24.1 Å². The van der Waals surface area contributed by atoms with Crippen LogP contribution in [-0.2, 0) is 34.8 Å². The number of esters is 1. The van der Waals surface area contributed by atoms with Gasteiger partial charge in [-0.1, -0.05) is 0 Å². The van der Waals surface area contributed by atoms with Crippen molar-refractivity contribution in [3.63, 3.8) is 0 Å². The van der Waals surface area contributed by atoms with Crippen LogP contribution in [0.3, 0.4) is 0 Å². The van der Waals surface area contributed by atoms with Gasteiger partial charge in [0.25, 0.3) is 5.56 Å². The van der Waals surface area contributed by atoms with Gasteiger partial charge in [0.05, 0.1) is 29.0 Å². The van der Waals surface area contributed by atoms with Crippen molar-refractivity contribution in [1.29, 1.82) is 0 Å². The number of ether oxygens (including phenoxy) is 3. The average molecular weight is 407 g/mol. The third-order valence-corrected chi connectivity index (χ3v) is 6.13. The van der Waals surface area contributed by atoms with E-state index in [0.717, 1.165) is 16.5 Å². The van der Waals surface area contributed by atoms with E-state index < -0.39 is 11.6 Å². The molecule has 3 aromatic rings. The summed E-state index contributed by atoms with van der Waals surface area (Å²) in [6, 6.07) is 5.32. The highest BCUT2D eigenvalue weighted by molar-refractivity contribution is 5.91. The maximum atomic E-state index is 13.2. The first-order valence-corrected chi connectivity index (χ1v) is 9.52. The van der Waals surface area contributed by atoms with Crippen LogP contribution in [0.15, 0.2) is 23.0 Å². The number of carbonyl (C=O) groups excluding carboxylic acids is 1. The molecule has 0 amide bonds. The van der Waals surface area contributed by atoms with Crippen LogP contribution < -0.4 is 20.8 Å². The van der Waals surface area contributed by atoms with Crippen LogP contribution in [0.4, 0.5) is 0 Å². The van der Waals surface area contributed by atoms with E-state index in [1.165, 1.54) is 6.92 Å². The number of pyridine rings is 2. The zero-order valence-electron chi connectivity index (χ0n) is 16.0. The summed E-state index contributed by atoms with van der Waals surface area (Å²) in [6.45, 7) is 1.87. The lowest BCUT2D eigenvalue weighted by molar-refractivity contribution is -0.169. The lowest BCUT2D eigenvalue weighted by Gasteiger charge is -2.29. The molecule has 3 N–H and O–H groups in total. The summed E-state index contributed by atoms with van der Waals surface area (Å²) in [6.07, 6.45) is 0. The Morgan fingerprint density at radius 2 is 1.93 bits per heavy atom. The van der Waals surface area contributed by atoms with Crippen molar-refractivity contribution in [2.45, 2.75) is 32.2 Å². The number of benzene rings is 1. The first-order chi connectivity index (χ1) is 14.4. The molecule has 1 aromatic carbocycles. The van der Waals surface area contributed by atoms with Crippen molar-refractivity contribution in [2.75, 3.05) is 6.79 Å². The maximum absolute atomic E-state index is 13.2. The summed E-state index contributed by atoms with van der Waals surface area (Å²) in [7, 11) is 0. The van der Waals surface area contributed by atoms with Gasteiger partial charge in [-0.05, 0) is 24.6 Å². The molecule has 9 heteroatoms. The third-order valence-electron chi connectivity index (χ3n) is 6.13. The van der Waals surface area contributed by atoms with E-state index in [-0.39, 0.29) is 36.6 Å². The zero-order chi connectivity index (χ0) is 20.8. The van der Waals surface area contributed by atoms with E-state index in [1.807, 2.05) is 6.07 Å². The molecule has 30 heavy (non-hydrogen) atoms. The number of cyclic esters (lactones) is 1. The van der Waals surface area contributed by atoms with Gasteiger partial charge in [-0.15, -0.1) is 0 Å². The highest BCUT2D eigenvalue weighted by Crippen LogP contribution is 2.42. The fraction of sp³-hybridized carbons (Fsp3) is 0.286. The fourth-order valence-electron chi connectivity index (χ4n) is 4.54. The second-order valence-electron chi connectivity index (χ2n) is 7.81. The fourth-order valence-corrected chi connectivity index (χ4v) is 4.54. The monoisotopic (exact) mass is 407 g/mol. The summed E-state index contributed by atoms with van der Waals surface area (Å²) in [5, 5.41) is 11.5. The number of rotatable bonds is 1. The smallest absolute Gasteiger partial charge is 0.342 e. The summed E-state index contributed by atoms with van der Waals surface area (Å²) >= 11 is 0. The highest BCUT2D eigenvalue weighted by atomic mass is 16.7. The third kappa shape index (κ3) is 2.05. The minimum atomic E-state index is -1.90. The first-order valence-electron chi connectivity index (χ1n) is 9.52. The molecule has 0 unspecified atom stereocenters. The Kier molecular flexibility index (Phi) is 3.25. The standard InChI is InChI=1S/C21H17N3O6/c1-21(27)13-3-15-18-11(6-24(15)19(25)12(13)7-28-20(21)26)10(5-22)9-2-16-17(30-8-29-16)4-14(9)23-18/h2-4,27H,5-8,22H2,1H3/t21-/m0/s1. The molecule has 3 aliphatic heterocycles. The van der Waals surface area contributed by atoms with Crippen LogP contribution in [0.5, 0.6) is 11.5 Å². The van der Waals surface area contributed by atoms with Crippen LogP contribution in [0.1, 0.15) is 29.2 Å². The Labute approximate surface area is 169 Å². The van der Waals surface area contributed by atoms with Gasteiger partial charge in [0.1, 0.15) is 6.61 Å². The highest BCUT2D eigenvalue weighted by Gasteiger charge is 2.43. The van der Waals surface area contributed by atoms with Gasteiger partial charge in [-0.25, -0.2) is 9.78 Å². The molecular weight excluding hydrogens is 390 g/mol. The number of fused-ring (bicyclic) bond motifs is 6. The lowest BCUT2D eigenvalue weighted by Crippen LogP contribution is -2.42. The summed E-state index contributed by atoms with van der Waals surface area (Å²) in [5.41, 5.74) is 7.95. The molecule has 3 aliphatic rings. The molecule has 0 fully saturated rings. The molecule has 5 heterocycles. The molecule has 2 aromatic heterocycles. The topological polar surface area (TPSA) is 126 Å². The minimum Gasteiger partial charge on any atom is -0.458 e. The SMILES string of the molecule is C[C@@]1(O)C(=O)OCc2c1cc1n(c2=O)Cc2c-1nc1cc3c(cc1c2CN)OCO3. The number of aromatic nitrogens is 2. The normalized spacial score (nSPS) is 20.7. The molecule has 9 nitrogen and oxygen atoms in total. The van der Waals surface area contributed by atoms with Gasteiger partial charge in [-0.2, -0.15) is 0 Å². The molecule has 0 saturated carbocycles.